The van der Waals surface area contributed by atoms with Crippen LogP contribution < -0.4 is 0 Å². The lowest BCUT2D eigenvalue weighted by Gasteiger charge is -2.29. The fourth-order valence-corrected chi connectivity index (χ4v) is 2.45. The fourth-order valence-electron chi connectivity index (χ4n) is 2.45. The second-order valence-electron chi connectivity index (χ2n) is 5.22. The fraction of sp³-hybridized carbons (Fsp3) is 0.214. The van der Waals surface area contributed by atoms with E-state index in [-0.39, 0.29) is 0 Å². The maximum absolute atomic E-state index is 4.54. The van der Waals surface area contributed by atoms with Crippen molar-refractivity contribution in [2.45, 2.75) is 0 Å². The number of hydrogen-bond donors (Lipinski definition) is 0. The van der Waals surface area contributed by atoms with Crippen LogP contribution in [0.4, 0.5) is 0 Å². The number of likely N-dealkylation sites (N-methyl/N-ethyl adjacent to an activating group) is 1. The second kappa shape index (κ2) is 4.76. The van der Waals surface area contributed by atoms with Crippen molar-refractivity contribution in [3.63, 3.8) is 0 Å². The average Bonchev–Trinajstić information content (AvgIpc) is 3.14. The van der Waals surface area contributed by atoms with E-state index in [0.29, 0.717) is 11.7 Å². The van der Waals surface area contributed by atoms with Crippen molar-refractivity contribution in [1.82, 2.24) is 29.8 Å². The SMILES string of the molecule is CN1C=C2N=C(n3cc(-c4ccccn4)nn3)N=C2N(C)C1. The van der Waals surface area contributed by atoms with E-state index in [1.54, 1.807) is 17.1 Å². The third kappa shape index (κ3) is 2.05. The number of pyridine rings is 1. The minimum atomic E-state index is 0.512. The first-order chi connectivity index (χ1) is 10.7. The van der Waals surface area contributed by atoms with Crippen molar-refractivity contribution in [2.75, 3.05) is 20.8 Å². The van der Waals surface area contributed by atoms with Gasteiger partial charge in [-0.15, -0.1) is 5.10 Å². The van der Waals surface area contributed by atoms with Gasteiger partial charge in [0.1, 0.15) is 11.4 Å². The summed E-state index contributed by atoms with van der Waals surface area (Å²) >= 11 is 0. The van der Waals surface area contributed by atoms with Gasteiger partial charge in [-0.2, -0.15) is 9.67 Å². The molecule has 8 nitrogen and oxygen atoms in total. The van der Waals surface area contributed by atoms with Gasteiger partial charge in [-0.3, -0.25) is 4.98 Å². The molecule has 0 radical (unpaired) electrons. The van der Waals surface area contributed by atoms with Gasteiger partial charge in [-0.25, -0.2) is 4.99 Å². The van der Waals surface area contributed by atoms with E-state index in [9.17, 15) is 0 Å². The molecule has 0 spiro atoms. The van der Waals surface area contributed by atoms with Crippen molar-refractivity contribution in [1.29, 1.82) is 0 Å². The zero-order valence-corrected chi connectivity index (χ0v) is 12.2. The molecule has 22 heavy (non-hydrogen) atoms. The van der Waals surface area contributed by atoms with Crippen LogP contribution in [0, 0.1) is 0 Å². The van der Waals surface area contributed by atoms with Crippen LogP contribution >= 0.6 is 0 Å². The molecule has 2 aromatic heterocycles. The predicted octanol–water partition coefficient (Wildman–Crippen LogP) is 0.632. The lowest BCUT2D eigenvalue weighted by atomic mass is 10.3. The van der Waals surface area contributed by atoms with Crippen LogP contribution in [0.25, 0.3) is 11.4 Å². The van der Waals surface area contributed by atoms with Crippen molar-refractivity contribution < 1.29 is 0 Å². The topological polar surface area (TPSA) is 74.8 Å². The van der Waals surface area contributed by atoms with Crippen molar-refractivity contribution >= 4 is 11.8 Å². The van der Waals surface area contributed by atoms with Crippen molar-refractivity contribution in [3.05, 3.63) is 42.5 Å². The molecule has 4 heterocycles. The summed E-state index contributed by atoms with van der Waals surface area (Å²) in [4.78, 5) is 17.4. The van der Waals surface area contributed by atoms with E-state index in [2.05, 4.69) is 30.2 Å². The molecule has 8 heteroatoms. The van der Waals surface area contributed by atoms with Gasteiger partial charge in [-0.05, 0) is 12.1 Å². The summed E-state index contributed by atoms with van der Waals surface area (Å²) in [7, 11) is 3.99. The van der Waals surface area contributed by atoms with Gasteiger partial charge in [0, 0.05) is 26.5 Å². The summed E-state index contributed by atoms with van der Waals surface area (Å²) in [6.45, 7) is 0.779. The van der Waals surface area contributed by atoms with E-state index in [0.717, 1.165) is 23.9 Å². The Bertz CT molecular complexity index is 801. The van der Waals surface area contributed by atoms with Crippen LogP contribution in [0.2, 0.25) is 0 Å². The van der Waals surface area contributed by atoms with Gasteiger partial charge in [0.25, 0.3) is 5.96 Å². The lowest BCUT2D eigenvalue weighted by Crippen LogP contribution is -2.39. The Morgan fingerprint density at radius 3 is 2.82 bits per heavy atom. The molecule has 0 fully saturated rings. The van der Waals surface area contributed by atoms with Gasteiger partial charge in [0.15, 0.2) is 5.84 Å². The van der Waals surface area contributed by atoms with E-state index >= 15 is 0 Å². The Hall–Kier alpha value is -3.03. The Balaban J connectivity index is 1.69. The Morgan fingerprint density at radius 1 is 1.09 bits per heavy atom. The van der Waals surface area contributed by atoms with Gasteiger partial charge >= 0.3 is 0 Å². The highest BCUT2D eigenvalue weighted by molar-refractivity contribution is 6.11. The molecule has 0 amide bonds. The first kappa shape index (κ1) is 12.7. The molecule has 110 valence electrons. The molecule has 2 aromatic rings. The molecule has 0 atom stereocenters. The van der Waals surface area contributed by atoms with E-state index in [1.807, 2.05) is 43.4 Å². The summed E-state index contributed by atoms with van der Waals surface area (Å²) < 4.78 is 1.57. The number of aliphatic imine (C=N–C) groups is 2. The van der Waals surface area contributed by atoms with Crippen LogP contribution in [0.15, 0.2) is 52.5 Å². The Kier molecular flexibility index (Phi) is 2.75. The third-order valence-electron chi connectivity index (χ3n) is 3.42. The quantitative estimate of drug-likeness (QED) is 0.771. The molecular formula is C14H14N8. The number of aromatic nitrogens is 4. The minimum absolute atomic E-state index is 0.512. The van der Waals surface area contributed by atoms with Crippen LogP contribution in [-0.4, -0.2) is 62.3 Å². The van der Waals surface area contributed by atoms with Gasteiger partial charge in [0.2, 0.25) is 0 Å². The predicted molar refractivity (Wildman–Crippen MR) is 82.0 cm³/mol. The van der Waals surface area contributed by atoms with E-state index < -0.39 is 0 Å². The molecule has 0 aliphatic carbocycles. The Labute approximate surface area is 127 Å². The van der Waals surface area contributed by atoms with E-state index in [4.69, 9.17) is 0 Å². The monoisotopic (exact) mass is 294 g/mol. The maximum atomic E-state index is 4.54. The third-order valence-corrected chi connectivity index (χ3v) is 3.42. The average molecular weight is 294 g/mol. The van der Waals surface area contributed by atoms with Crippen LogP contribution in [0.3, 0.4) is 0 Å². The first-order valence-electron chi connectivity index (χ1n) is 6.86. The molecule has 0 saturated heterocycles. The summed E-state index contributed by atoms with van der Waals surface area (Å²) in [5, 5.41) is 8.25. The number of rotatable bonds is 1. The first-order valence-corrected chi connectivity index (χ1v) is 6.86. The molecule has 0 unspecified atom stereocenters. The molecular weight excluding hydrogens is 280 g/mol. The summed E-state index contributed by atoms with van der Waals surface area (Å²) in [6, 6.07) is 5.67. The molecule has 2 aliphatic rings. The largest absolute Gasteiger partial charge is 0.361 e. The number of hydrogen-bond acceptors (Lipinski definition) is 7. The smallest absolute Gasteiger partial charge is 0.254 e. The standard InChI is InChI=1S/C14H14N8/c1-20-7-12-13(21(2)9-20)17-14(16-12)22-8-11(18-19-22)10-5-3-4-6-15-10/h3-8H,9H2,1-2H3. The van der Waals surface area contributed by atoms with Crippen molar-refractivity contribution in [3.8, 4) is 11.4 Å². The normalized spacial score (nSPS) is 17.1. The zero-order valence-electron chi connectivity index (χ0n) is 12.2. The van der Waals surface area contributed by atoms with Gasteiger partial charge in [0.05, 0.1) is 18.6 Å². The number of fused-ring (bicyclic) bond motifs is 1. The van der Waals surface area contributed by atoms with Crippen LogP contribution in [0.1, 0.15) is 0 Å². The molecule has 0 bridgehead atoms. The van der Waals surface area contributed by atoms with Gasteiger partial charge in [-0.1, -0.05) is 11.3 Å². The summed E-state index contributed by atoms with van der Waals surface area (Å²) in [5.41, 5.74) is 2.30. The summed E-state index contributed by atoms with van der Waals surface area (Å²) in [6.07, 6.45) is 5.49. The maximum Gasteiger partial charge on any atom is 0.254 e. The van der Waals surface area contributed by atoms with Crippen LogP contribution in [0.5, 0.6) is 0 Å². The highest BCUT2D eigenvalue weighted by atomic mass is 15.5. The minimum Gasteiger partial charge on any atom is -0.361 e. The molecule has 0 saturated carbocycles. The molecule has 2 aliphatic heterocycles. The molecule has 0 N–H and O–H groups in total. The summed E-state index contributed by atoms with van der Waals surface area (Å²) in [5.74, 6) is 1.36. The van der Waals surface area contributed by atoms with Crippen molar-refractivity contribution in [2.24, 2.45) is 9.98 Å². The second-order valence-corrected chi connectivity index (χ2v) is 5.22. The van der Waals surface area contributed by atoms with Crippen LogP contribution in [-0.2, 0) is 0 Å². The molecule has 4 rings (SSSR count). The number of amidine groups is 1. The Morgan fingerprint density at radius 2 is 2.00 bits per heavy atom. The number of nitrogens with zero attached hydrogens (tertiary/aromatic N) is 8. The van der Waals surface area contributed by atoms with E-state index in [1.165, 1.54) is 0 Å². The lowest BCUT2D eigenvalue weighted by molar-refractivity contribution is 0.304. The zero-order chi connectivity index (χ0) is 15.1. The molecule has 0 aromatic carbocycles. The highest BCUT2D eigenvalue weighted by Crippen LogP contribution is 2.19. The highest BCUT2D eigenvalue weighted by Gasteiger charge is 2.26. The van der Waals surface area contributed by atoms with Gasteiger partial charge < -0.3 is 9.80 Å².